The number of hydrogen-bond acceptors (Lipinski definition) is 3. The number of anilines is 2. The van der Waals surface area contributed by atoms with E-state index >= 15 is 0 Å². The van der Waals surface area contributed by atoms with Crippen molar-refractivity contribution >= 4 is 23.0 Å². The Kier molecular flexibility index (Phi) is 3.08. The summed E-state index contributed by atoms with van der Waals surface area (Å²) in [6.07, 6.45) is 2.50. The largest absolute Gasteiger partial charge is 0.397 e. The fourth-order valence-electron chi connectivity index (χ4n) is 3.04. The van der Waals surface area contributed by atoms with E-state index in [2.05, 4.69) is 9.80 Å². The third kappa shape index (κ3) is 2.04. The van der Waals surface area contributed by atoms with Gasteiger partial charge in [0.15, 0.2) is 0 Å². The van der Waals surface area contributed by atoms with Crippen molar-refractivity contribution in [3.8, 4) is 0 Å². The predicted octanol–water partition coefficient (Wildman–Crippen LogP) is 2.35. The summed E-state index contributed by atoms with van der Waals surface area (Å²) in [5.74, 6) is -0.394. The highest BCUT2D eigenvalue weighted by molar-refractivity contribution is 6.31. The normalized spacial score (nSPS) is 24.3. The molecule has 98 valence electrons. The van der Waals surface area contributed by atoms with Gasteiger partial charge in [-0.05, 0) is 25.5 Å². The summed E-state index contributed by atoms with van der Waals surface area (Å²) in [4.78, 5) is 4.69. The van der Waals surface area contributed by atoms with Gasteiger partial charge in [0.25, 0.3) is 0 Å². The lowest BCUT2D eigenvalue weighted by Crippen LogP contribution is -2.50. The Balaban J connectivity index is 1.84. The molecule has 18 heavy (non-hydrogen) atoms. The zero-order chi connectivity index (χ0) is 12.7. The van der Waals surface area contributed by atoms with Gasteiger partial charge >= 0.3 is 0 Å². The molecule has 0 spiro atoms. The van der Waals surface area contributed by atoms with Gasteiger partial charge in [-0.3, -0.25) is 4.90 Å². The average molecular weight is 270 g/mol. The number of hydrogen-bond donors (Lipinski definition) is 1. The van der Waals surface area contributed by atoms with Gasteiger partial charge in [0.05, 0.1) is 16.4 Å². The molecule has 2 fully saturated rings. The molecule has 2 N–H and O–H groups in total. The van der Waals surface area contributed by atoms with Gasteiger partial charge in [0.2, 0.25) is 0 Å². The van der Waals surface area contributed by atoms with Crippen LogP contribution >= 0.6 is 11.6 Å². The Labute approximate surface area is 111 Å². The zero-order valence-corrected chi connectivity index (χ0v) is 11.0. The van der Waals surface area contributed by atoms with Crippen molar-refractivity contribution in [2.24, 2.45) is 0 Å². The van der Waals surface area contributed by atoms with Gasteiger partial charge in [-0.2, -0.15) is 0 Å². The Bertz CT molecular complexity index is 466. The number of halogens is 2. The van der Waals surface area contributed by atoms with Gasteiger partial charge in [-0.25, -0.2) is 4.39 Å². The first-order valence-corrected chi connectivity index (χ1v) is 6.76. The molecule has 3 rings (SSSR count). The maximum atomic E-state index is 13.6. The van der Waals surface area contributed by atoms with Crippen molar-refractivity contribution in [2.75, 3.05) is 36.8 Å². The Morgan fingerprint density at radius 3 is 2.94 bits per heavy atom. The van der Waals surface area contributed by atoms with Crippen LogP contribution in [0.4, 0.5) is 15.8 Å². The minimum absolute atomic E-state index is 0.0933. The fraction of sp³-hybridized carbons (Fsp3) is 0.538. The van der Waals surface area contributed by atoms with E-state index in [1.165, 1.54) is 31.5 Å². The molecular formula is C13H17ClFN3. The molecule has 3 nitrogen and oxygen atoms in total. The Morgan fingerprint density at radius 2 is 2.11 bits per heavy atom. The Morgan fingerprint density at radius 1 is 1.28 bits per heavy atom. The lowest BCUT2D eigenvalue weighted by molar-refractivity contribution is 0.231. The highest BCUT2D eigenvalue weighted by Gasteiger charge is 2.31. The topological polar surface area (TPSA) is 32.5 Å². The molecule has 0 bridgehead atoms. The second kappa shape index (κ2) is 4.59. The van der Waals surface area contributed by atoms with Crippen molar-refractivity contribution in [3.05, 3.63) is 23.0 Å². The highest BCUT2D eigenvalue weighted by Crippen LogP contribution is 2.32. The maximum Gasteiger partial charge on any atom is 0.144 e. The molecule has 2 aliphatic rings. The van der Waals surface area contributed by atoms with Crippen LogP contribution in [-0.4, -0.2) is 37.1 Å². The summed E-state index contributed by atoms with van der Waals surface area (Å²) in [5, 5.41) is 0.0933. The van der Waals surface area contributed by atoms with Gasteiger partial charge in [-0.15, -0.1) is 0 Å². The minimum Gasteiger partial charge on any atom is -0.397 e. The van der Waals surface area contributed by atoms with Gasteiger partial charge in [0, 0.05) is 31.7 Å². The van der Waals surface area contributed by atoms with Crippen LogP contribution in [0, 0.1) is 5.82 Å². The molecule has 0 saturated carbocycles. The van der Waals surface area contributed by atoms with Crippen LogP contribution in [0.3, 0.4) is 0 Å². The number of nitrogens with two attached hydrogens (primary N) is 1. The van der Waals surface area contributed by atoms with Crippen LogP contribution in [-0.2, 0) is 0 Å². The molecule has 1 atom stereocenters. The third-order valence-corrected chi connectivity index (χ3v) is 4.29. The molecule has 2 aliphatic heterocycles. The van der Waals surface area contributed by atoms with Gasteiger partial charge < -0.3 is 10.6 Å². The van der Waals surface area contributed by atoms with Crippen molar-refractivity contribution in [2.45, 2.75) is 18.9 Å². The van der Waals surface area contributed by atoms with Crippen LogP contribution in [0.25, 0.3) is 0 Å². The van der Waals surface area contributed by atoms with Crippen LogP contribution in [0.1, 0.15) is 12.8 Å². The van der Waals surface area contributed by atoms with Crippen molar-refractivity contribution < 1.29 is 4.39 Å². The number of fused-ring (bicyclic) bond motifs is 1. The van der Waals surface area contributed by atoms with Crippen molar-refractivity contribution in [1.82, 2.24) is 4.90 Å². The number of rotatable bonds is 1. The maximum absolute atomic E-state index is 13.6. The van der Waals surface area contributed by atoms with E-state index in [4.69, 9.17) is 17.3 Å². The molecule has 0 amide bonds. The number of piperazine rings is 1. The number of nitrogens with zero attached hydrogens (tertiary/aromatic N) is 2. The van der Waals surface area contributed by atoms with E-state index in [-0.39, 0.29) is 5.02 Å². The lowest BCUT2D eigenvalue weighted by Gasteiger charge is -2.39. The number of benzene rings is 1. The van der Waals surface area contributed by atoms with E-state index in [1.807, 2.05) is 0 Å². The van der Waals surface area contributed by atoms with E-state index < -0.39 is 5.82 Å². The first-order chi connectivity index (χ1) is 8.65. The summed E-state index contributed by atoms with van der Waals surface area (Å²) in [6, 6.07) is 3.56. The highest BCUT2D eigenvalue weighted by atomic mass is 35.5. The standard InChI is InChI=1S/C13H17ClFN3/c14-10-6-12(16)13(7-11(10)15)18-5-4-17-3-1-2-9(17)8-18/h6-7,9H,1-5,8,16H2. The zero-order valence-electron chi connectivity index (χ0n) is 10.2. The molecular weight excluding hydrogens is 253 g/mol. The average Bonchev–Trinajstić information content (AvgIpc) is 2.80. The summed E-state index contributed by atoms with van der Waals surface area (Å²) < 4.78 is 13.6. The third-order valence-electron chi connectivity index (χ3n) is 4.00. The minimum atomic E-state index is -0.394. The summed E-state index contributed by atoms with van der Waals surface area (Å²) in [6.45, 7) is 4.07. The van der Waals surface area contributed by atoms with Gasteiger partial charge in [0.1, 0.15) is 5.82 Å². The summed E-state index contributed by atoms with van der Waals surface area (Å²) in [5.41, 5.74) is 7.30. The molecule has 2 saturated heterocycles. The molecule has 5 heteroatoms. The summed E-state index contributed by atoms with van der Waals surface area (Å²) >= 11 is 5.73. The SMILES string of the molecule is Nc1cc(Cl)c(F)cc1N1CCN2CCCC2C1. The van der Waals surface area contributed by atoms with Crippen LogP contribution in [0.2, 0.25) is 5.02 Å². The summed E-state index contributed by atoms with van der Waals surface area (Å²) in [7, 11) is 0. The molecule has 1 unspecified atom stereocenters. The first-order valence-electron chi connectivity index (χ1n) is 6.38. The Hall–Kier alpha value is -1.00. The number of nitrogen functional groups attached to an aromatic ring is 1. The second-order valence-corrected chi connectivity index (χ2v) is 5.51. The molecule has 0 radical (unpaired) electrons. The molecule has 2 heterocycles. The van der Waals surface area contributed by atoms with E-state index in [0.29, 0.717) is 11.7 Å². The monoisotopic (exact) mass is 269 g/mol. The second-order valence-electron chi connectivity index (χ2n) is 5.10. The quantitative estimate of drug-likeness (QED) is 0.795. The first kappa shape index (κ1) is 12.1. The van der Waals surface area contributed by atoms with E-state index in [0.717, 1.165) is 25.3 Å². The fourth-order valence-corrected chi connectivity index (χ4v) is 3.21. The van der Waals surface area contributed by atoms with E-state index in [1.54, 1.807) is 0 Å². The molecule has 0 aliphatic carbocycles. The van der Waals surface area contributed by atoms with Crippen molar-refractivity contribution in [1.29, 1.82) is 0 Å². The molecule has 1 aromatic rings. The van der Waals surface area contributed by atoms with Crippen LogP contribution in [0.15, 0.2) is 12.1 Å². The van der Waals surface area contributed by atoms with Crippen LogP contribution < -0.4 is 10.6 Å². The molecule has 0 aromatic heterocycles. The molecule has 1 aromatic carbocycles. The van der Waals surface area contributed by atoms with Gasteiger partial charge in [-0.1, -0.05) is 11.6 Å². The predicted molar refractivity (Wildman–Crippen MR) is 72.6 cm³/mol. The lowest BCUT2D eigenvalue weighted by atomic mass is 10.1. The van der Waals surface area contributed by atoms with Crippen molar-refractivity contribution in [3.63, 3.8) is 0 Å². The van der Waals surface area contributed by atoms with E-state index in [9.17, 15) is 4.39 Å². The smallest absolute Gasteiger partial charge is 0.144 e. The van der Waals surface area contributed by atoms with Crippen LogP contribution in [0.5, 0.6) is 0 Å².